The number of amides is 1. The van der Waals surface area contributed by atoms with Crippen molar-refractivity contribution in [1.82, 2.24) is 5.32 Å². The molecule has 39 heavy (non-hydrogen) atoms. The second-order valence-corrected chi connectivity index (χ2v) is 10.3. The van der Waals surface area contributed by atoms with E-state index in [0.717, 1.165) is 18.7 Å². The van der Waals surface area contributed by atoms with E-state index in [9.17, 15) is 50.4 Å². The van der Waals surface area contributed by atoms with Crippen molar-refractivity contribution in [3.8, 4) is 0 Å². The van der Waals surface area contributed by atoms with Crippen LogP contribution in [0.1, 0.15) is 13.3 Å². The standard InChI is InChI=1S/C23H33NO13S.Na/c1-10(27)24-15-12(28)7-23(22(33)34,36-19(15)16(30)13(29)8-25)37-20-17(31)14(9-26)35-21(18(20)32)38-11-5-3-2-4-6-11;/h2-6,12-21,25-26,28-32H,7-9H2,1H3,(H,24,27)(H,33,34);/q;+1/p-1/t12-,13+,14+,15+,16-,17-,18+,19+,20-,21-,23-;/m0./s1. The molecule has 0 radical (unpaired) electrons. The maximum atomic E-state index is 12.4. The predicted molar refractivity (Wildman–Crippen MR) is 125 cm³/mol. The minimum atomic E-state index is -2.92. The summed E-state index contributed by atoms with van der Waals surface area (Å²) in [6.07, 6.45) is -15.0. The third kappa shape index (κ3) is 7.90. The number of rotatable bonds is 10. The van der Waals surface area contributed by atoms with E-state index in [2.05, 4.69) is 5.32 Å². The van der Waals surface area contributed by atoms with E-state index in [1.807, 2.05) is 0 Å². The topological polar surface area (TPSA) is 239 Å². The van der Waals surface area contributed by atoms with Crippen LogP contribution in [0.15, 0.2) is 35.2 Å². The summed E-state index contributed by atoms with van der Waals surface area (Å²) in [5, 5.41) is 86.7. The second kappa shape index (κ2) is 14.8. The molecule has 1 amide bonds. The third-order valence-corrected chi connectivity index (χ3v) is 7.48. The van der Waals surface area contributed by atoms with Crippen molar-refractivity contribution in [2.45, 2.75) is 84.3 Å². The van der Waals surface area contributed by atoms with Crippen LogP contribution in [0.4, 0.5) is 0 Å². The van der Waals surface area contributed by atoms with Gasteiger partial charge in [-0.05, 0) is 12.1 Å². The molecule has 2 aliphatic rings. The number of carbonyl (C=O) groups excluding carboxylic acids is 2. The Morgan fingerprint density at radius 3 is 2.36 bits per heavy atom. The van der Waals surface area contributed by atoms with Crippen LogP contribution in [-0.4, -0.2) is 127 Å². The SMILES string of the molecule is CC(=O)N[C@H]1[C@H]([C@@H](O)[C@H](O)CO)O[C@@](O[C@H]2[C@@H](O)[C@@H](CO)O[C@@H](Sc3ccccc3)[C@@H]2O)(C(=O)[O-])C[C@@H]1O.[Na+]. The van der Waals surface area contributed by atoms with E-state index in [0.29, 0.717) is 4.90 Å². The molecule has 14 nitrogen and oxygen atoms in total. The zero-order chi connectivity index (χ0) is 28.2. The number of thioether (sulfide) groups is 1. The fourth-order valence-corrected chi connectivity index (χ4v) is 5.46. The minimum Gasteiger partial charge on any atom is -0.544 e. The number of carboxylic acids is 1. The van der Waals surface area contributed by atoms with Crippen molar-refractivity contribution in [2.75, 3.05) is 13.2 Å². The molecule has 0 aromatic heterocycles. The van der Waals surface area contributed by atoms with Crippen molar-refractivity contribution < 1.29 is 94.2 Å². The number of hydrogen-bond acceptors (Lipinski definition) is 14. The van der Waals surface area contributed by atoms with E-state index < -0.39 is 97.6 Å². The molecule has 0 unspecified atom stereocenters. The van der Waals surface area contributed by atoms with Crippen LogP contribution < -0.4 is 40.0 Å². The molecule has 8 N–H and O–H groups in total. The van der Waals surface area contributed by atoms with Gasteiger partial charge in [0.25, 0.3) is 0 Å². The number of aliphatic hydroxyl groups is 7. The van der Waals surface area contributed by atoms with Gasteiger partial charge in [-0.25, -0.2) is 0 Å². The van der Waals surface area contributed by atoms with Gasteiger partial charge in [0, 0.05) is 18.2 Å². The molecule has 0 aliphatic carbocycles. The Labute approximate surface area is 250 Å². The van der Waals surface area contributed by atoms with Crippen LogP contribution in [-0.2, 0) is 23.8 Å². The van der Waals surface area contributed by atoms with Crippen molar-refractivity contribution >= 4 is 23.6 Å². The number of carbonyl (C=O) groups is 2. The summed E-state index contributed by atoms with van der Waals surface area (Å²) in [4.78, 5) is 24.7. The summed E-state index contributed by atoms with van der Waals surface area (Å²) < 4.78 is 16.7. The first-order valence-electron chi connectivity index (χ1n) is 11.8. The van der Waals surface area contributed by atoms with Gasteiger partial charge in [-0.2, -0.15) is 0 Å². The molecule has 16 heteroatoms. The van der Waals surface area contributed by atoms with E-state index in [4.69, 9.17) is 14.2 Å². The van der Waals surface area contributed by atoms with Gasteiger partial charge < -0.3 is 65.2 Å². The van der Waals surface area contributed by atoms with Crippen LogP contribution in [0.25, 0.3) is 0 Å². The Bertz CT molecular complexity index is 948. The molecule has 2 saturated heterocycles. The number of aliphatic hydroxyl groups excluding tert-OH is 7. The molecule has 0 bridgehead atoms. The first kappa shape index (κ1) is 34.3. The molecule has 1 aromatic carbocycles. The Morgan fingerprint density at radius 2 is 1.82 bits per heavy atom. The van der Waals surface area contributed by atoms with Crippen molar-refractivity contribution in [3.63, 3.8) is 0 Å². The molecule has 2 aliphatic heterocycles. The van der Waals surface area contributed by atoms with Gasteiger partial charge >= 0.3 is 29.6 Å². The van der Waals surface area contributed by atoms with Crippen molar-refractivity contribution in [3.05, 3.63) is 30.3 Å². The molecule has 0 spiro atoms. The van der Waals surface area contributed by atoms with E-state index >= 15 is 0 Å². The van der Waals surface area contributed by atoms with Crippen LogP contribution in [0.3, 0.4) is 0 Å². The number of hydrogen-bond donors (Lipinski definition) is 8. The van der Waals surface area contributed by atoms with E-state index in [1.165, 1.54) is 0 Å². The third-order valence-electron chi connectivity index (χ3n) is 6.32. The first-order valence-corrected chi connectivity index (χ1v) is 12.7. The van der Waals surface area contributed by atoms with Gasteiger partial charge in [0.05, 0.1) is 25.4 Å². The van der Waals surface area contributed by atoms with Gasteiger partial charge in [-0.15, -0.1) is 0 Å². The fourth-order valence-electron chi connectivity index (χ4n) is 4.38. The average Bonchev–Trinajstić information content (AvgIpc) is 2.88. The summed E-state index contributed by atoms with van der Waals surface area (Å²) in [6, 6.07) is 7.18. The van der Waals surface area contributed by atoms with Gasteiger partial charge in [-0.1, -0.05) is 30.0 Å². The largest absolute Gasteiger partial charge is 1.00 e. The molecule has 11 atom stereocenters. The quantitative estimate of drug-likeness (QED) is 0.119. The molecular formula is C23H32NNaO13S. The first-order chi connectivity index (χ1) is 17.9. The monoisotopic (exact) mass is 585 g/mol. The van der Waals surface area contributed by atoms with Crippen LogP contribution in [0.5, 0.6) is 0 Å². The molecule has 1 aromatic rings. The maximum Gasteiger partial charge on any atom is 1.00 e. The van der Waals surface area contributed by atoms with Crippen LogP contribution >= 0.6 is 11.8 Å². The molecule has 0 saturated carbocycles. The molecule has 3 rings (SSSR count). The van der Waals surface area contributed by atoms with E-state index in [1.54, 1.807) is 30.3 Å². The predicted octanol–water partition coefficient (Wildman–Crippen LogP) is -7.58. The summed E-state index contributed by atoms with van der Waals surface area (Å²) >= 11 is 1.01. The van der Waals surface area contributed by atoms with Gasteiger partial charge in [0.1, 0.15) is 54.1 Å². The number of nitrogens with one attached hydrogen (secondary N) is 1. The smallest absolute Gasteiger partial charge is 0.544 e. The van der Waals surface area contributed by atoms with Crippen molar-refractivity contribution in [2.24, 2.45) is 0 Å². The number of carboxylic acid groups (broad SMARTS) is 1. The Hall–Kier alpha value is -0.890. The Balaban J connectivity index is 0.00000533. The Kier molecular flexibility index (Phi) is 13.1. The summed E-state index contributed by atoms with van der Waals surface area (Å²) in [5.74, 6) is -5.66. The molecule has 214 valence electrons. The molecule has 2 fully saturated rings. The van der Waals surface area contributed by atoms with Gasteiger partial charge in [0.2, 0.25) is 11.7 Å². The van der Waals surface area contributed by atoms with E-state index in [-0.39, 0.29) is 29.6 Å². The number of benzene rings is 1. The fraction of sp³-hybridized carbons (Fsp3) is 0.652. The van der Waals surface area contributed by atoms with Crippen LogP contribution in [0.2, 0.25) is 0 Å². The van der Waals surface area contributed by atoms with Crippen molar-refractivity contribution in [1.29, 1.82) is 0 Å². The van der Waals surface area contributed by atoms with Crippen LogP contribution in [0, 0.1) is 0 Å². The normalized spacial score (nSPS) is 36.3. The summed E-state index contributed by atoms with van der Waals surface area (Å²) in [7, 11) is 0. The number of aliphatic carboxylic acids is 1. The minimum absolute atomic E-state index is 0. The number of ether oxygens (including phenoxy) is 3. The zero-order valence-corrected chi connectivity index (χ0v) is 24.1. The summed E-state index contributed by atoms with van der Waals surface area (Å²) in [5.41, 5.74) is -1.15. The Morgan fingerprint density at radius 1 is 1.18 bits per heavy atom. The zero-order valence-electron chi connectivity index (χ0n) is 21.3. The maximum absolute atomic E-state index is 12.4. The molecular weight excluding hydrogens is 553 g/mol. The average molecular weight is 586 g/mol. The second-order valence-electron chi connectivity index (χ2n) is 9.08. The van der Waals surface area contributed by atoms with Gasteiger partial charge in [0.15, 0.2) is 0 Å². The van der Waals surface area contributed by atoms with Gasteiger partial charge in [-0.3, -0.25) is 4.79 Å². The summed E-state index contributed by atoms with van der Waals surface area (Å²) in [6.45, 7) is -0.614. The molecule has 2 heterocycles.